The molecule has 0 heterocycles. The molecule has 0 aromatic heterocycles. The molecule has 2 rings (SSSR count). The van der Waals surface area contributed by atoms with E-state index >= 15 is 0 Å². The lowest BCUT2D eigenvalue weighted by molar-refractivity contribution is -0.116. The molecule has 0 saturated heterocycles. The van der Waals surface area contributed by atoms with E-state index in [1.165, 1.54) is 20.2 Å². The van der Waals surface area contributed by atoms with Crippen LogP contribution in [0.1, 0.15) is 30.4 Å². The summed E-state index contributed by atoms with van der Waals surface area (Å²) in [6, 6.07) is 14.6. The Morgan fingerprint density at radius 3 is 2.36 bits per heavy atom. The lowest BCUT2D eigenvalue weighted by Gasteiger charge is -2.16. The summed E-state index contributed by atoms with van der Waals surface area (Å²) in [5.74, 6) is -0.0611. The van der Waals surface area contributed by atoms with Crippen molar-refractivity contribution in [3.05, 3.63) is 59.7 Å². The molecule has 1 amide bonds. The molecular weight excluding hydrogens is 336 g/mol. The molecule has 1 atom stereocenters. The predicted octanol–water partition coefficient (Wildman–Crippen LogP) is 3.38. The van der Waals surface area contributed by atoms with Crippen molar-refractivity contribution < 1.29 is 13.2 Å². The molecule has 1 N–H and O–H groups in total. The maximum Gasteiger partial charge on any atom is 0.242 e. The van der Waals surface area contributed by atoms with Crippen LogP contribution in [0, 0.1) is 6.92 Å². The summed E-state index contributed by atoms with van der Waals surface area (Å²) in [4.78, 5) is 12.5. The first-order chi connectivity index (χ1) is 11.7. The van der Waals surface area contributed by atoms with Gasteiger partial charge in [0.05, 0.1) is 4.90 Å². The lowest BCUT2D eigenvalue weighted by Crippen LogP contribution is -2.22. The highest BCUT2D eigenvalue weighted by molar-refractivity contribution is 7.89. The minimum Gasteiger partial charge on any atom is -0.326 e. The van der Waals surface area contributed by atoms with E-state index in [1.807, 2.05) is 44.2 Å². The molecule has 0 spiro atoms. The SMILES string of the molecule is Cc1ccc(S(=O)(=O)N(C)C)cc1NC(=O)C[C@@H](C)c1ccccc1. The number of nitrogens with one attached hydrogen (secondary N) is 1. The summed E-state index contributed by atoms with van der Waals surface area (Å²) in [7, 11) is -0.574. The molecule has 5 nitrogen and oxygen atoms in total. The van der Waals surface area contributed by atoms with Crippen LogP contribution in [0.3, 0.4) is 0 Å². The molecule has 0 radical (unpaired) electrons. The molecule has 0 saturated carbocycles. The van der Waals surface area contributed by atoms with Gasteiger partial charge in [0.2, 0.25) is 15.9 Å². The average molecular weight is 360 g/mol. The lowest BCUT2D eigenvalue weighted by atomic mass is 9.97. The molecule has 0 fully saturated rings. The Morgan fingerprint density at radius 2 is 1.76 bits per heavy atom. The van der Waals surface area contributed by atoms with Gasteiger partial charge in [0.15, 0.2) is 0 Å². The molecule has 0 aliphatic rings. The number of nitrogens with zero attached hydrogens (tertiary/aromatic N) is 1. The molecule has 2 aromatic carbocycles. The molecule has 0 aliphatic heterocycles. The van der Waals surface area contributed by atoms with Crippen molar-refractivity contribution in [2.45, 2.75) is 31.1 Å². The molecule has 134 valence electrons. The predicted molar refractivity (Wildman–Crippen MR) is 100 cm³/mol. The van der Waals surface area contributed by atoms with Crippen molar-refractivity contribution in [3.63, 3.8) is 0 Å². The van der Waals surface area contributed by atoms with Crippen LogP contribution in [-0.4, -0.2) is 32.7 Å². The van der Waals surface area contributed by atoms with Gasteiger partial charge in [0, 0.05) is 26.2 Å². The molecular formula is C19H24N2O3S. The number of hydrogen-bond acceptors (Lipinski definition) is 3. The van der Waals surface area contributed by atoms with Crippen molar-refractivity contribution >= 4 is 21.6 Å². The minimum atomic E-state index is -3.54. The van der Waals surface area contributed by atoms with Crippen LogP contribution in [0.25, 0.3) is 0 Å². The number of sulfonamides is 1. The Morgan fingerprint density at radius 1 is 1.12 bits per heavy atom. The van der Waals surface area contributed by atoms with Crippen LogP contribution in [-0.2, 0) is 14.8 Å². The number of carbonyl (C=O) groups excluding carboxylic acids is 1. The van der Waals surface area contributed by atoms with E-state index in [0.29, 0.717) is 12.1 Å². The van der Waals surface area contributed by atoms with E-state index in [-0.39, 0.29) is 16.7 Å². The third-order valence-electron chi connectivity index (χ3n) is 4.12. The zero-order chi connectivity index (χ0) is 18.6. The van der Waals surface area contributed by atoms with E-state index in [4.69, 9.17) is 0 Å². The zero-order valence-corrected chi connectivity index (χ0v) is 15.8. The number of anilines is 1. The second kappa shape index (κ2) is 7.80. The maximum atomic E-state index is 12.4. The molecule has 0 aliphatic carbocycles. The maximum absolute atomic E-state index is 12.4. The first kappa shape index (κ1) is 19.1. The molecule has 6 heteroatoms. The largest absolute Gasteiger partial charge is 0.326 e. The van der Waals surface area contributed by atoms with Gasteiger partial charge in [-0.15, -0.1) is 0 Å². The van der Waals surface area contributed by atoms with E-state index in [1.54, 1.807) is 12.1 Å². The quantitative estimate of drug-likeness (QED) is 0.859. The summed E-state index contributed by atoms with van der Waals surface area (Å²) < 4.78 is 25.7. The first-order valence-electron chi connectivity index (χ1n) is 8.10. The second-order valence-electron chi connectivity index (χ2n) is 6.33. The van der Waals surface area contributed by atoms with Gasteiger partial charge in [-0.25, -0.2) is 12.7 Å². The summed E-state index contributed by atoms with van der Waals surface area (Å²) in [5, 5.41) is 2.84. The third kappa shape index (κ3) is 4.67. The number of carbonyl (C=O) groups is 1. The van der Waals surface area contributed by atoms with Crippen molar-refractivity contribution in [3.8, 4) is 0 Å². The number of rotatable bonds is 6. The van der Waals surface area contributed by atoms with E-state index in [2.05, 4.69) is 5.32 Å². The second-order valence-corrected chi connectivity index (χ2v) is 8.48. The minimum absolute atomic E-state index is 0.0789. The van der Waals surface area contributed by atoms with E-state index in [9.17, 15) is 13.2 Å². The van der Waals surface area contributed by atoms with Gasteiger partial charge < -0.3 is 5.32 Å². The van der Waals surface area contributed by atoms with Crippen molar-refractivity contribution in [2.75, 3.05) is 19.4 Å². The summed E-state index contributed by atoms with van der Waals surface area (Å²) in [5.41, 5.74) is 2.44. The van der Waals surface area contributed by atoms with Crippen LogP contribution in [0.5, 0.6) is 0 Å². The highest BCUT2D eigenvalue weighted by Crippen LogP contribution is 2.24. The molecule has 2 aromatic rings. The van der Waals surface area contributed by atoms with Crippen LogP contribution in [0.15, 0.2) is 53.4 Å². The van der Waals surface area contributed by atoms with Crippen molar-refractivity contribution in [2.24, 2.45) is 0 Å². The van der Waals surface area contributed by atoms with Gasteiger partial charge >= 0.3 is 0 Å². The molecule has 25 heavy (non-hydrogen) atoms. The van der Waals surface area contributed by atoms with Gasteiger partial charge in [0.25, 0.3) is 0 Å². The smallest absolute Gasteiger partial charge is 0.242 e. The average Bonchev–Trinajstić information content (AvgIpc) is 2.57. The fourth-order valence-corrected chi connectivity index (χ4v) is 3.41. The van der Waals surface area contributed by atoms with Gasteiger partial charge in [-0.1, -0.05) is 43.3 Å². The van der Waals surface area contributed by atoms with Crippen LogP contribution in [0.4, 0.5) is 5.69 Å². The van der Waals surface area contributed by atoms with Gasteiger partial charge in [0.1, 0.15) is 0 Å². The Kier molecular flexibility index (Phi) is 5.98. The number of benzene rings is 2. The Hall–Kier alpha value is -2.18. The standard InChI is InChI=1S/C19H24N2O3S/c1-14-10-11-17(25(23,24)21(3)4)13-18(14)20-19(22)12-15(2)16-8-6-5-7-9-16/h5-11,13,15H,12H2,1-4H3,(H,20,22)/t15-/m1/s1. The number of amides is 1. The van der Waals surface area contributed by atoms with Gasteiger partial charge in [-0.05, 0) is 36.1 Å². The zero-order valence-electron chi connectivity index (χ0n) is 15.0. The fraction of sp³-hybridized carbons (Fsp3) is 0.316. The Labute approximate surface area is 149 Å². The summed E-state index contributed by atoms with van der Waals surface area (Å²) in [6.07, 6.45) is 0.327. The highest BCUT2D eigenvalue weighted by atomic mass is 32.2. The summed E-state index contributed by atoms with van der Waals surface area (Å²) in [6.45, 7) is 3.83. The van der Waals surface area contributed by atoms with Crippen LogP contribution in [0.2, 0.25) is 0 Å². The van der Waals surface area contributed by atoms with Crippen LogP contribution >= 0.6 is 0 Å². The molecule has 0 bridgehead atoms. The van der Waals surface area contributed by atoms with Gasteiger partial charge in [-0.3, -0.25) is 4.79 Å². The van der Waals surface area contributed by atoms with Crippen LogP contribution < -0.4 is 5.32 Å². The Balaban J connectivity index is 2.15. The van der Waals surface area contributed by atoms with Crippen molar-refractivity contribution in [1.29, 1.82) is 0 Å². The monoisotopic (exact) mass is 360 g/mol. The van der Waals surface area contributed by atoms with Crippen molar-refractivity contribution in [1.82, 2.24) is 4.31 Å². The first-order valence-corrected chi connectivity index (χ1v) is 9.54. The highest BCUT2D eigenvalue weighted by Gasteiger charge is 2.19. The summed E-state index contributed by atoms with van der Waals surface area (Å²) >= 11 is 0. The Bertz CT molecular complexity index is 846. The van der Waals surface area contributed by atoms with E-state index in [0.717, 1.165) is 15.4 Å². The topological polar surface area (TPSA) is 66.5 Å². The third-order valence-corrected chi connectivity index (χ3v) is 5.93. The van der Waals surface area contributed by atoms with Gasteiger partial charge in [-0.2, -0.15) is 0 Å². The fourth-order valence-electron chi connectivity index (χ4n) is 2.49. The number of hydrogen-bond donors (Lipinski definition) is 1. The normalized spacial score (nSPS) is 12.8. The molecule has 0 unspecified atom stereocenters. The number of aryl methyl sites for hydroxylation is 1. The van der Waals surface area contributed by atoms with E-state index < -0.39 is 10.0 Å².